The Kier molecular flexibility index (Phi) is 5.55. The zero-order valence-corrected chi connectivity index (χ0v) is 19.2. The van der Waals surface area contributed by atoms with Crippen LogP contribution in [0.2, 0.25) is 0 Å². The van der Waals surface area contributed by atoms with E-state index in [0.717, 1.165) is 16.8 Å². The first-order valence-corrected chi connectivity index (χ1v) is 11.6. The summed E-state index contributed by atoms with van der Waals surface area (Å²) in [5.41, 5.74) is 3.22. The van der Waals surface area contributed by atoms with Gasteiger partial charge in [-0.05, 0) is 56.0 Å². The molecule has 2 aromatic rings. The lowest BCUT2D eigenvalue weighted by Gasteiger charge is -2.19. The predicted molar refractivity (Wildman–Crippen MR) is 126 cm³/mol. The number of benzene rings is 2. The second-order valence-electron chi connectivity index (χ2n) is 9.28. The molecule has 2 aromatic carbocycles. The van der Waals surface area contributed by atoms with E-state index in [4.69, 9.17) is 4.74 Å². The Morgan fingerprint density at radius 2 is 1.65 bits per heavy atom. The van der Waals surface area contributed by atoms with E-state index in [1.807, 2.05) is 44.2 Å². The molecule has 3 aliphatic rings. The number of nitrogens with zero attached hydrogens (tertiary/aromatic N) is 2. The maximum Gasteiger partial charge on any atom is 0.316 e. The lowest BCUT2D eigenvalue weighted by molar-refractivity contribution is -0.139. The number of fused-ring (bicyclic) bond motifs is 1. The van der Waals surface area contributed by atoms with Gasteiger partial charge in [0.25, 0.3) is 0 Å². The predicted octanol–water partition coefficient (Wildman–Crippen LogP) is 3.72. The number of carbonyl (C=O) groups excluding carboxylic acids is 4. The molecule has 3 amide bonds. The lowest BCUT2D eigenvalue weighted by Crippen LogP contribution is -2.31. The van der Waals surface area contributed by atoms with Crippen molar-refractivity contribution < 1.29 is 23.9 Å². The molecule has 0 N–H and O–H groups in total. The van der Waals surface area contributed by atoms with Gasteiger partial charge in [0.2, 0.25) is 17.7 Å². The minimum atomic E-state index is -0.597. The van der Waals surface area contributed by atoms with E-state index in [0.29, 0.717) is 18.5 Å². The van der Waals surface area contributed by atoms with E-state index in [9.17, 15) is 19.2 Å². The molecule has 0 radical (unpaired) electrons. The number of allylic oxidation sites excluding steroid dienone is 2. The third-order valence-corrected chi connectivity index (χ3v) is 6.92. The minimum absolute atomic E-state index is 0.0748. The van der Waals surface area contributed by atoms with Gasteiger partial charge in [-0.2, -0.15) is 0 Å². The Balaban J connectivity index is 1.30. The molecule has 0 spiro atoms. The quantitative estimate of drug-likeness (QED) is 0.302. The summed E-state index contributed by atoms with van der Waals surface area (Å²) in [7, 11) is 0. The molecule has 7 heteroatoms. The van der Waals surface area contributed by atoms with Crippen molar-refractivity contribution in [1.29, 1.82) is 0 Å². The Bertz CT molecular complexity index is 1210. The van der Waals surface area contributed by atoms with E-state index in [-0.39, 0.29) is 48.3 Å². The molecule has 0 unspecified atom stereocenters. The van der Waals surface area contributed by atoms with Crippen molar-refractivity contribution in [2.75, 3.05) is 16.3 Å². The Labute approximate surface area is 198 Å². The average Bonchev–Trinajstić information content (AvgIpc) is 3.33. The van der Waals surface area contributed by atoms with Crippen molar-refractivity contribution in [3.05, 3.63) is 65.7 Å². The molecule has 2 saturated heterocycles. The number of anilines is 2. The normalized spacial score (nSPS) is 24.1. The summed E-state index contributed by atoms with van der Waals surface area (Å²) in [4.78, 5) is 54.2. The number of esters is 1. The molecule has 174 valence electrons. The standard InChI is InChI=1S/C27H26N2O5/c1-16-10-11-17(2)23(12-16)28-15-18(13-24(28)30)27(33)34-20-7-5-6-19(14-20)29-25(31)21-8-3-4-9-22(21)26(29)32/h3-7,10-12,14,18,21-22H,8-9,13,15H2,1-2H3/t18-,21-,22-/m1/s1. The van der Waals surface area contributed by atoms with Crippen molar-refractivity contribution in [2.24, 2.45) is 17.8 Å². The van der Waals surface area contributed by atoms with Crippen molar-refractivity contribution in [3.8, 4) is 5.75 Å². The van der Waals surface area contributed by atoms with Gasteiger partial charge in [-0.15, -0.1) is 0 Å². The first-order chi connectivity index (χ1) is 16.3. The molecule has 1 aliphatic carbocycles. The second kappa shape index (κ2) is 8.56. The first kappa shape index (κ1) is 22.1. The van der Waals surface area contributed by atoms with E-state index >= 15 is 0 Å². The second-order valence-corrected chi connectivity index (χ2v) is 9.28. The zero-order chi connectivity index (χ0) is 24.0. The van der Waals surface area contributed by atoms with Gasteiger partial charge in [0.15, 0.2) is 0 Å². The van der Waals surface area contributed by atoms with Crippen LogP contribution in [0.3, 0.4) is 0 Å². The highest BCUT2D eigenvalue weighted by molar-refractivity contribution is 6.22. The number of carbonyl (C=O) groups is 4. The molecule has 34 heavy (non-hydrogen) atoms. The van der Waals surface area contributed by atoms with E-state index in [2.05, 4.69) is 0 Å². The van der Waals surface area contributed by atoms with Gasteiger partial charge in [-0.3, -0.25) is 19.2 Å². The summed E-state index contributed by atoms with van der Waals surface area (Å²) in [5.74, 6) is -2.06. The van der Waals surface area contributed by atoms with Crippen LogP contribution in [-0.4, -0.2) is 30.2 Å². The fourth-order valence-electron chi connectivity index (χ4n) is 5.05. The molecule has 5 rings (SSSR count). The van der Waals surface area contributed by atoms with Crippen LogP contribution in [-0.2, 0) is 19.2 Å². The molecule has 7 nitrogen and oxygen atoms in total. The Morgan fingerprint density at radius 1 is 0.941 bits per heavy atom. The van der Waals surface area contributed by atoms with Crippen LogP contribution >= 0.6 is 0 Å². The molecule has 0 bridgehead atoms. The number of amides is 3. The van der Waals surface area contributed by atoms with Gasteiger partial charge in [-0.25, -0.2) is 4.90 Å². The van der Waals surface area contributed by atoms with Crippen molar-refractivity contribution in [2.45, 2.75) is 33.1 Å². The van der Waals surface area contributed by atoms with E-state index in [1.165, 1.54) is 11.0 Å². The number of ether oxygens (including phenoxy) is 1. The third kappa shape index (κ3) is 3.81. The van der Waals surface area contributed by atoms with Crippen molar-refractivity contribution in [1.82, 2.24) is 0 Å². The van der Waals surface area contributed by atoms with Gasteiger partial charge in [-0.1, -0.05) is 30.4 Å². The number of imide groups is 1. The summed E-state index contributed by atoms with van der Waals surface area (Å²) in [5, 5.41) is 0. The topological polar surface area (TPSA) is 84.0 Å². The van der Waals surface area contributed by atoms with Crippen LogP contribution in [0.1, 0.15) is 30.4 Å². The number of hydrogen-bond acceptors (Lipinski definition) is 5. The van der Waals surface area contributed by atoms with Crippen molar-refractivity contribution >= 4 is 35.1 Å². The zero-order valence-electron chi connectivity index (χ0n) is 19.2. The van der Waals surface area contributed by atoms with Crippen LogP contribution in [0.25, 0.3) is 0 Å². The highest BCUT2D eigenvalue weighted by Crippen LogP contribution is 2.38. The largest absolute Gasteiger partial charge is 0.426 e. The van der Waals surface area contributed by atoms with Crippen LogP contribution < -0.4 is 14.5 Å². The fourth-order valence-corrected chi connectivity index (χ4v) is 5.05. The number of rotatable bonds is 4. The number of aryl methyl sites for hydroxylation is 2. The SMILES string of the molecule is Cc1ccc(C)c(N2C[C@H](C(=O)Oc3cccc(N4C(=O)[C@@H]5CC=CC[C@H]5C4=O)c3)CC2=O)c1. The maximum atomic E-state index is 12.9. The lowest BCUT2D eigenvalue weighted by atomic mass is 9.85. The van der Waals surface area contributed by atoms with E-state index < -0.39 is 11.9 Å². The van der Waals surface area contributed by atoms with Gasteiger partial charge >= 0.3 is 5.97 Å². The van der Waals surface area contributed by atoms with Gasteiger partial charge in [0.1, 0.15) is 5.75 Å². The monoisotopic (exact) mass is 458 g/mol. The van der Waals surface area contributed by atoms with Gasteiger partial charge < -0.3 is 9.64 Å². The molecular formula is C27H26N2O5. The molecule has 0 aromatic heterocycles. The Hall–Kier alpha value is -3.74. The summed E-state index contributed by atoms with van der Waals surface area (Å²) in [6, 6.07) is 12.4. The molecule has 3 atom stereocenters. The summed E-state index contributed by atoms with van der Waals surface area (Å²) < 4.78 is 5.59. The van der Waals surface area contributed by atoms with Crippen LogP contribution in [0.15, 0.2) is 54.6 Å². The highest BCUT2D eigenvalue weighted by atomic mass is 16.5. The molecule has 2 fully saturated rings. The Morgan fingerprint density at radius 3 is 2.35 bits per heavy atom. The van der Waals surface area contributed by atoms with Gasteiger partial charge in [0.05, 0.1) is 23.4 Å². The van der Waals surface area contributed by atoms with E-state index in [1.54, 1.807) is 23.1 Å². The number of hydrogen-bond donors (Lipinski definition) is 0. The van der Waals surface area contributed by atoms with Crippen LogP contribution in [0.4, 0.5) is 11.4 Å². The molecule has 2 heterocycles. The minimum Gasteiger partial charge on any atom is -0.426 e. The van der Waals surface area contributed by atoms with Crippen LogP contribution in [0, 0.1) is 31.6 Å². The molecular weight excluding hydrogens is 432 g/mol. The fraction of sp³-hybridized carbons (Fsp3) is 0.333. The smallest absolute Gasteiger partial charge is 0.316 e. The summed E-state index contributed by atoms with van der Waals surface area (Å²) in [6.07, 6.45) is 5.09. The highest BCUT2D eigenvalue weighted by Gasteiger charge is 2.48. The van der Waals surface area contributed by atoms with Gasteiger partial charge in [0, 0.05) is 24.7 Å². The van der Waals surface area contributed by atoms with Crippen LogP contribution in [0.5, 0.6) is 5.75 Å². The average molecular weight is 459 g/mol. The summed E-state index contributed by atoms with van der Waals surface area (Å²) >= 11 is 0. The third-order valence-electron chi connectivity index (χ3n) is 6.92. The van der Waals surface area contributed by atoms with Crippen molar-refractivity contribution in [3.63, 3.8) is 0 Å². The summed E-state index contributed by atoms with van der Waals surface area (Å²) in [6.45, 7) is 4.15. The molecule has 2 aliphatic heterocycles. The molecule has 0 saturated carbocycles. The maximum absolute atomic E-state index is 12.9. The first-order valence-electron chi connectivity index (χ1n) is 11.6.